The molecule has 0 amide bonds. The zero-order valence-corrected chi connectivity index (χ0v) is 12.5. The van der Waals surface area contributed by atoms with E-state index in [1.807, 2.05) is 6.92 Å². The van der Waals surface area contributed by atoms with E-state index < -0.39 is 11.6 Å². The Morgan fingerprint density at radius 1 is 1.29 bits per heavy atom. The minimum atomic E-state index is -0.669. The smallest absolute Gasteiger partial charge is 0.251 e. The van der Waals surface area contributed by atoms with Crippen LogP contribution in [0.2, 0.25) is 0 Å². The van der Waals surface area contributed by atoms with Gasteiger partial charge in [0.25, 0.3) is 5.56 Å². The predicted molar refractivity (Wildman–Crippen MR) is 77.5 cm³/mol. The normalized spacial score (nSPS) is 10.9. The number of hydrogen-bond donors (Lipinski definition) is 2. The molecule has 2 rings (SSSR count). The molecule has 2 N–H and O–H groups in total. The highest BCUT2D eigenvalue weighted by Crippen LogP contribution is 2.30. The average molecular weight is 311 g/mol. The fourth-order valence-electron chi connectivity index (χ4n) is 1.78. The molecule has 0 saturated carbocycles. The van der Waals surface area contributed by atoms with Crippen LogP contribution in [0.1, 0.15) is 18.2 Å². The van der Waals surface area contributed by atoms with Gasteiger partial charge in [0.1, 0.15) is 11.6 Å². The molecule has 112 valence electrons. The number of nitrogens with zero attached hydrogens (tertiary/aromatic N) is 1. The molecule has 0 spiro atoms. The maximum absolute atomic E-state index is 14.0. The molecule has 1 aromatic carbocycles. The van der Waals surface area contributed by atoms with Crippen molar-refractivity contribution in [2.75, 3.05) is 6.54 Å². The summed E-state index contributed by atoms with van der Waals surface area (Å²) in [5.74, 6) is -1.34. The number of nitrogens with one attached hydrogen (secondary N) is 2. The van der Waals surface area contributed by atoms with Gasteiger partial charge in [-0.05, 0) is 42.9 Å². The van der Waals surface area contributed by atoms with E-state index in [9.17, 15) is 13.6 Å². The Labute approximate surface area is 125 Å². The third kappa shape index (κ3) is 4.12. The first-order valence-electron chi connectivity index (χ1n) is 6.44. The van der Waals surface area contributed by atoms with E-state index in [1.54, 1.807) is 6.92 Å². The van der Waals surface area contributed by atoms with Gasteiger partial charge in [-0.25, -0.2) is 13.8 Å². The lowest BCUT2D eigenvalue weighted by Crippen LogP contribution is -2.12. The number of benzene rings is 1. The molecule has 2 aromatic rings. The van der Waals surface area contributed by atoms with E-state index in [-0.39, 0.29) is 15.6 Å². The highest BCUT2D eigenvalue weighted by Gasteiger charge is 2.14. The van der Waals surface area contributed by atoms with E-state index in [0.29, 0.717) is 24.3 Å². The van der Waals surface area contributed by atoms with Crippen LogP contribution in [-0.2, 0) is 6.54 Å². The van der Waals surface area contributed by atoms with Gasteiger partial charge >= 0.3 is 0 Å². The van der Waals surface area contributed by atoms with Crippen molar-refractivity contribution in [3.63, 3.8) is 0 Å². The Morgan fingerprint density at radius 3 is 2.52 bits per heavy atom. The van der Waals surface area contributed by atoms with E-state index in [4.69, 9.17) is 0 Å². The maximum atomic E-state index is 14.0. The summed E-state index contributed by atoms with van der Waals surface area (Å²) in [6.07, 6.45) is 0. The fraction of sp³-hybridized carbons (Fsp3) is 0.286. The highest BCUT2D eigenvalue weighted by atomic mass is 32.2. The van der Waals surface area contributed by atoms with Crippen LogP contribution in [0, 0.1) is 18.6 Å². The first kappa shape index (κ1) is 15.7. The van der Waals surface area contributed by atoms with Gasteiger partial charge in [-0.1, -0.05) is 6.92 Å². The zero-order chi connectivity index (χ0) is 15.4. The Morgan fingerprint density at radius 2 is 1.95 bits per heavy atom. The minimum absolute atomic E-state index is 0.164. The molecule has 0 fully saturated rings. The summed E-state index contributed by atoms with van der Waals surface area (Å²) < 4.78 is 28.0. The van der Waals surface area contributed by atoms with E-state index in [1.165, 1.54) is 18.2 Å². The molecule has 0 unspecified atom stereocenters. The van der Waals surface area contributed by atoms with Crippen molar-refractivity contribution >= 4 is 11.8 Å². The number of halogens is 2. The Kier molecular flexibility index (Phi) is 5.08. The van der Waals surface area contributed by atoms with Crippen LogP contribution in [0.25, 0.3) is 0 Å². The lowest BCUT2D eigenvalue weighted by atomic mass is 10.2. The molecule has 4 nitrogen and oxygen atoms in total. The Bertz CT molecular complexity index is 680. The molecule has 0 radical (unpaired) electrons. The third-order valence-corrected chi connectivity index (χ3v) is 3.66. The molecule has 0 atom stereocenters. The number of aromatic nitrogens is 2. The monoisotopic (exact) mass is 311 g/mol. The molecule has 0 saturated heterocycles. The van der Waals surface area contributed by atoms with Gasteiger partial charge < -0.3 is 10.3 Å². The van der Waals surface area contributed by atoms with Crippen molar-refractivity contribution in [1.82, 2.24) is 15.3 Å². The van der Waals surface area contributed by atoms with Crippen molar-refractivity contribution in [3.05, 3.63) is 51.4 Å². The molecule has 0 bridgehead atoms. The largest absolute Gasteiger partial charge is 0.313 e. The van der Waals surface area contributed by atoms with Crippen LogP contribution in [0.3, 0.4) is 0 Å². The first-order valence-corrected chi connectivity index (χ1v) is 7.25. The van der Waals surface area contributed by atoms with Gasteiger partial charge in [0.15, 0.2) is 5.16 Å². The average Bonchev–Trinajstić information content (AvgIpc) is 2.39. The van der Waals surface area contributed by atoms with Gasteiger partial charge in [-0.2, -0.15) is 0 Å². The van der Waals surface area contributed by atoms with Gasteiger partial charge in [-0.15, -0.1) is 0 Å². The lowest BCUT2D eigenvalue weighted by molar-refractivity contribution is 0.534. The number of H-pyrrole nitrogens is 1. The molecule has 7 heteroatoms. The van der Waals surface area contributed by atoms with Crippen LogP contribution in [0.5, 0.6) is 0 Å². The Balaban J connectivity index is 2.29. The summed E-state index contributed by atoms with van der Waals surface area (Å²) in [4.78, 5) is 17.7. The summed E-state index contributed by atoms with van der Waals surface area (Å²) in [5.41, 5.74) is 0.669. The van der Waals surface area contributed by atoms with Gasteiger partial charge in [0.05, 0.1) is 4.90 Å². The quantitative estimate of drug-likeness (QED) is 0.834. The molecule has 21 heavy (non-hydrogen) atoms. The van der Waals surface area contributed by atoms with Crippen LogP contribution >= 0.6 is 11.8 Å². The van der Waals surface area contributed by atoms with Gasteiger partial charge in [0.2, 0.25) is 0 Å². The summed E-state index contributed by atoms with van der Waals surface area (Å²) in [5, 5.41) is 3.17. The molecule has 1 aromatic heterocycles. The molecule has 0 aliphatic rings. The maximum Gasteiger partial charge on any atom is 0.251 e. The zero-order valence-electron chi connectivity index (χ0n) is 11.7. The van der Waals surface area contributed by atoms with Crippen LogP contribution < -0.4 is 10.9 Å². The van der Waals surface area contributed by atoms with E-state index >= 15 is 0 Å². The van der Waals surface area contributed by atoms with Crippen molar-refractivity contribution in [1.29, 1.82) is 0 Å². The molecule has 0 aliphatic heterocycles. The van der Waals surface area contributed by atoms with Crippen molar-refractivity contribution in [3.8, 4) is 0 Å². The third-order valence-electron chi connectivity index (χ3n) is 2.68. The van der Waals surface area contributed by atoms with Crippen molar-refractivity contribution in [2.24, 2.45) is 0 Å². The number of rotatable bonds is 5. The Hall–Kier alpha value is -1.73. The van der Waals surface area contributed by atoms with Crippen LogP contribution in [-0.4, -0.2) is 16.5 Å². The fourth-order valence-corrected chi connectivity index (χ4v) is 2.63. The second-order valence-corrected chi connectivity index (χ2v) is 5.46. The van der Waals surface area contributed by atoms with Crippen molar-refractivity contribution in [2.45, 2.75) is 30.4 Å². The molecule has 0 aliphatic carbocycles. The second kappa shape index (κ2) is 6.82. The molecule has 1 heterocycles. The van der Waals surface area contributed by atoms with Gasteiger partial charge in [-0.3, -0.25) is 4.79 Å². The summed E-state index contributed by atoms with van der Waals surface area (Å²) >= 11 is 0.765. The summed E-state index contributed by atoms with van der Waals surface area (Å²) in [7, 11) is 0. The first-order chi connectivity index (χ1) is 9.99. The summed E-state index contributed by atoms with van der Waals surface area (Å²) in [6, 6.07) is 3.88. The van der Waals surface area contributed by atoms with E-state index in [2.05, 4.69) is 15.3 Å². The second-order valence-electron chi connectivity index (χ2n) is 4.46. The van der Waals surface area contributed by atoms with Crippen LogP contribution in [0.4, 0.5) is 8.78 Å². The minimum Gasteiger partial charge on any atom is -0.313 e. The number of hydrogen-bond acceptors (Lipinski definition) is 4. The molecular formula is C14H15F2N3OS. The number of aryl methyl sites for hydroxylation is 1. The highest BCUT2D eigenvalue weighted by molar-refractivity contribution is 7.99. The lowest BCUT2D eigenvalue weighted by Gasteiger charge is -2.08. The summed E-state index contributed by atoms with van der Waals surface area (Å²) in [6.45, 7) is 4.67. The predicted octanol–water partition coefficient (Wildman–Crippen LogP) is 2.62. The van der Waals surface area contributed by atoms with Crippen molar-refractivity contribution < 1.29 is 8.78 Å². The van der Waals surface area contributed by atoms with Gasteiger partial charge in [0, 0.05) is 18.3 Å². The topological polar surface area (TPSA) is 57.8 Å². The standard InChI is InChI=1S/C14H15F2N3OS/c1-3-17-7-9-5-10(15)13(11(16)6-9)21-14-18-8(2)4-12(20)19-14/h4-6,17H,3,7H2,1-2H3,(H,18,19,20). The SMILES string of the molecule is CCNCc1cc(F)c(Sc2nc(C)cc(=O)[nH]2)c(F)c1. The number of aromatic amines is 1. The van der Waals surface area contributed by atoms with Crippen LogP contribution in [0.15, 0.2) is 33.0 Å². The molecular weight excluding hydrogens is 296 g/mol. The van der Waals surface area contributed by atoms with E-state index in [0.717, 1.165) is 11.8 Å².